The van der Waals surface area contributed by atoms with Crippen LogP contribution in [0, 0.1) is 5.92 Å². The van der Waals surface area contributed by atoms with Gasteiger partial charge in [0.1, 0.15) is 0 Å². The van der Waals surface area contributed by atoms with Crippen LogP contribution >= 0.6 is 11.3 Å². The molecule has 3 nitrogen and oxygen atoms in total. The number of nitrogens with one attached hydrogen (secondary N) is 2. The van der Waals surface area contributed by atoms with Crippen LogP contribution in [-0.2, 0) is 4.79 Å². The van der Waals surface area contributed by atoms with E-state index in [1.165, 1.54) is 30.6 Å². The lowest BCUT2D eigenvalue weighted by atomic mass is 9.96. The summed E-state index contributed by atoms with van der Waals surface area (Å²) in [5, 5.41) is 8.71. The number of carbonyl (C=O) groups is 1. The molecule has 1 aromatic rings. The molecule has 19 heavy (non-hydrogen) atoms. The van der Waals surface area contributed by atoms with E-state index in [0.717, 1.165) is 19.4 Å². The van der Waals surface area contributed by atoms with Crippen molar-refractivity contribution in [2.24, 2.45) is 5.92 Å². The first kappa shape index (κ1) is 13.1. The Bertz CT molecular complexity index is 406. The molecule has 2 N–H and O–H groups in total. The molecule has 1 aromatic heterocycles. The summed E-state index contributed by atoms with van der Waals surface area (Å²) in [7, 11) is 0. The molecule has 2 fully saturated rings. The van der Waals surface area contributed by atoms with Gasteiger partial charge in [0.15, 0.2) is 0 Å². The predicted octanol–water partition coefficient (Wildman–Crippen LogP) is 2.85. The van der Waals surface area contributed by atoms with Crippen LogP contribution < -0.4 is 10.6 Å². The van der Waals surface area contributed by atoms with Crippen LogP contribution in [0.3, 0.4) is 0 Å². The number of hydrogen-bond acceptors (Lipinski definition) is 3. The third-order valence-corrected chi connectivity index (χ3v) is 5.35. The largest absolute Gasteiger partial charge is 0.347 e. The third kappa shape index (κ3) is 3.00. The van der Waals surface area contributed by atoms with E-state index < -0.39 is 0 Å². The summed E-state index contributed by atoms with van der Waals surface area (Å²) in [4.78, 5) is 13.7. The molecule has 1 aliphatic carbocycles. The molecule has 0 bridgehead atoms. The fraction of sp³-hybridized carbons (Fsp3) is 0.667. The molecule has 104 valence electrons. The van der Waals surface area contributed by atoms with E-state index in [-0.39, 0.29) is 18.0 Å². The lowest BCUT2D eigenvalue weighted by Gasteiger charge is -2.25. The molecular weight excluding hydrogens is 256 g/mol. The van der Waals surface area contributed by atoms with Gasteiger partial charge in [-0.15, -0.1) is 11.3 Å². The summed E-state index contributed by atoms with van der Waals surface area (Å²) in [6, 6.07) is 4.51. The summed E-state index contributed by atoms with van der Waals surface area (Å²) >= 11 is 1.77. The number of amides is 1. The van der Waals surface area contributed by atoms with Crippen molar-refractivity contribution in [3.63, 3.8) is 0 Å². The monoisotopic (exact) mass is 278 g/mol. The second-order valence-corrected chi connectivity index (χ2v) is 6.67. The highest BCUT2D eigenvalue weighted by molar-refractivity contribution is 7.10. The van der Waals surface area contributed by atoms with Gasteiger partial charge in [0, 0.05) is 4.88 Å². The van der Waals surface area contributed by atoms with Crippen molar-refractivity contribution in [2.75, 3.05) is 6.54 Å². The molecule has 1 saturated heterocycles. The minimum absolute atomic E-state index is 0.0314. The quantitative estimate of drug-likeness (QED) is 0.889. The van der Waals surface area contributed by atoms with E-state index in [1.54, 1.807) is 11.3 Å². The van der Waals surface area contributed by atoms with E-state index >= 15 is 0 Å². The van der Waals surface area contributed by atoms with Crippen molar-refractivity contribution in [1.29, 1.82) is 0 Å². The molecule has 0 radical (unpaired) electrons. The Labute approximate surface area is 118 Å². The molecule has 3 rings (SSSR count). The number of hydrogen-bond donors (Lipinski definition) is 2. The minimum atomic E-state index is 0.0314. The van der Waals surface area contributed by atoms with Crippen molar-refractivity contribution in [1.82, 2.24) is 10.6 Å². The molecule has 2 heterocycles. The van der Waals surface area contributed by atoms with Crippen LogP contribution in [0.15, 0.2) is 17.5 Å². The summed E-state index contributed by atoms with van der Waals surface area (Å²) in [6.07, 6.45) is 7.22. The summed E-state index contributed by atoms with van der Waals surface area (Å²) in [5.41, 5.74) is 0. The van der Waals surface area contributed by atoms with E-state index in [0.29, 0.717) is 5.92 Å². The highest BCUT2D eigenvalue weighted by Crippen LogP contribution is 2.37. The maximum Gasteiger partial charge on any atom is 0.237 e. The topological polar surface area (TPSA) is 41.1 Å². The summed E-state index contributed by atoms with van der Waals surface area (Å²) in [5.74, 6) is 0.826. The molecule has 1 aliphatic heterocycles. The summed E-state index contributed by atoms with van der Waals surface area (Å²) in [6.45, 7) is 0.977. The molecule has 2 unspecified atom stereocenters. The van der Waals surface area contributed by atoms with Crippen LogP contribution in [0.1, 0.15) is 49.4 Å². The maximum absolute atomic E-state index is 12.3. The van der Waals surface area contributed by atoms with Gasteiger partial charge in [-0.1, -0.05) is 18.9 Å². The highest BCUT2D eigenvalue weighted by atomic mass is 32.1. The Morgan fingerprint density at radius 3 is 2.79 bits per heavy atom. The van der Waals surface area contributed by atoms with Gasteiger partial charge in [-0.05, 0) is 49.6 Å². The molecule has 2 atom stereocenters. The Balaban J connectivity index is 1.69. The van der Waals surface area contributed by atoms with Crippen LogP contribution in [0.25, 0.3) is 0 Å². The second-order valence-electron chi connectivity index (χ2n) is 5.70. The Hall–Kier alpha value is -0.870. The van der Waals surface area contributed by atoms with E-state index in [4.69, 9.17) is 0 Å². The van der Waals surface area contributed by atoms with E-state index in [2.05, 4.69) is 28.1 Å². The lowest BCUT2D eigenvalue weighted by Crippen LogP contribution is -2.43. The van der Waals surface area contributed by atoms with Gasteiger partial charge in [-0.3, -0.25) is 4.79 Å². The number of carbonyl (C=O) groups excluding carboxylic acids is 1. The Morgan fingerprint density at radius 2 is 2.16 bits per heavy atom. The standard InChI is InChI=1S/C15H22N2OS/c18-15(12-7-3-9-16-12)17-14(11-5-1-2-6-11)13-8-4-10-19-13/h4,8,10-12,14,16H,1-3,5-7,9H2,(H,17,18). The Morgan fingerprint density at radius 1 is 1.32 bits per heavy atom. The van der Waals surface area contributed by atoms with Gasteiger partial charge in [-0.25, -0.2) is 0 Å². The highest BCUT2D eigenvalue weighted by Gasteiger charge is 2.31. The normalized spacial score (nSPS) is 25.6. The third-order valence-electron chi connectivity index (χ3n) is 4.40. The molecule has 1 saturated carbocycles. The zero-order valence-corrected chi connectivity index (χ0v) is 12.0. The predicted molar refractivity (Wildman–Crippen MR) is 78.2 cm³/mol. The molecule has 0 aromatic carbocycles. The summed E-state index contributed by atoms with van der Waals surface area (Å²) < 4.78 is 0. The lowest BCUT2D eigenvalue weighted by molar-refractivity contribution is -0.123. The fourth-order valence-corrected chi connectivity index (χ4v) is 4.21. The van der Waals surface area contributed by atoms with Crippen LogP contribution in [-0.4, -0.2) is 18.5 Å². The Kier molecular flexibility index (Phi) is 4.18. The van der Waals surface area contributed by atoms with Gasteiger partial charge >= 0.3 is 0 Å². The van der Waals surface area contributed by atoms with E-state index in [1.807, 2.05) is 0 Å². The number of thiophene rings is 1. The smallest absolute Gasteiger partial charge is 0.237 e. The second kappa shape index (κ2) is 6.06. The van der Waals surface area contributed by atoms with Crippen LogP contribution in [0.2, 0.25) is 0 Å². The van der Waals surface area contributed by atoms with Gasteiger partial charge in [0.2, 0.25) is 5.91 Å². The fourth-order valence-electron chi connectivity index (χ4n) is 3.34. The average Bonchev–Trinajstić information content (AvgIpc) is 3.17. The van der Waals surface area contributed by atoms with E-state index in [9.17, 15) is 4.79 Å². The first-order chi connectivity index (χ1) is 9.34. The zero-order valence-electron chi connectivity index (χ0n) is 11.2. The van der Waals surface area contributed by atoms with Crippen LogP contribution in [0.5, 0.6) is 0 Å². The van der Waals surface area contributed by atoms with Gasteiger partial charge in [-0.2, -0.15) is 0 Å². The average molecular weight is 278 g/mol. The zero-order chi connectivity index (χ0) is 13.1. The SMILES string of the molecule is O=C(NC(c1cccs1)C1CCCC1)C1CCCN1. The molecular formula is C15H22N2OS. The van der Waals surface area contributed by atoms with Crippen molar-refractivity contribution in [3.8, 4) is 0 Å². The molecule has 2 aliphatic rings. The number of rotatable bonds is 4. The van der Waals surface area contributed by atoms with Crippen molar-refractivity contribution < 1.29 is 4.79 Å². The van der Waals surface area contributed by atoms with Crippen molar-refractivity contribution >= 4 is 17.2 Å². The van der Waals surface area contributed by atoms with Gasteiger partial charge in [0.25, 0.3) is 0 Å². The maximum atomic E-state index is 12.3. The molecule has 4 heteroatoms. The van der Waals surface area contributed by atoms with Crippen LogP contribution in [0.4, 0.5) is 0 Å². The minimum Gasteiger partial charge on any atom is -0.347 e. The first-order valence-corrected chi connectivity index (χ1v) is 8.30. The first-order valence-electron chi connectivity index (χ1n) is 7.42. The van der Waals surface area contributed by atoms with Crippen molar-refractivity contribution in [2.45, 2.75) is 50.6 Å². The van der Waals surface area contributed by atoms with Gasteiger partial charge in [0.05, 0.1) is 12.1 Å². The molecule has 1 amide bonds. The van der Waals surface area contributed by atoms with Crippen molar-refractivity contribution in [3.05, 3.63) is 22.4 Å². The molecule has 0 spiro atoms. The van der Waals surface area contributed by atoms with Gasteiger partial charge < -0.3 is 10.6 Å².